The van der Waals surface area contributed by atoms with Crippen molar-refractivity contribution in [2.75, 3.05) is 6.54 Å². The summed E-state index contributed by atoms with van der Waals surface area (Å²) in [5.41, 5.74) is 0.265. The van der Waals surface area contributed by atoms with Gasteiger partial charge in [-0.2, -0.15) is 0 Å². The smallest absolute Gasteiger partial charge is 0.329 e. The van der Waals surface area contributed by atoms with Gasteiger partial charge in [-0.15, -0.1) is 0 Å². The highest BCUT2D eigenvalue weighted by Gasteiger charge is 2.42. The molecule has 1 saturated heterocycles. The number of rotatable bonds is 4. The van der Waals surface area contributed by atoms with Crippen LogP contribution in [0, 0.1) is 0 Å². The van der Waals surface area contributed by atoms with E-state index in [1.165, 1.54) is 11.8 Å². The highest BCUT2D eigenvalue weighted by atomic mass is 16.6. The van der Waals surface area contributed by atoms with Crippen molar-refractivity contribution in [3.8, 4) is 0 Å². The van der Waals surface area contributed by atoms with Crippen molar-refractivity contribution >= 4 is 17.9 Å². The van der Waals surface area contributed by atoms with Gasteiger partial charge in [0, 0.05) is 6.54 Å². The largest absolute Gasteiger partial charge is 0.458 e. The average Bonchev–Trinajstić information content (AvgIpc) is 2.72. The molecule has 6 nitrogen and oxygen atoms in total. The molecule has 0 aliphatic carbocycles. The number of nitrogens with zero attached hydrogens (tertiary/aromatic N) is 2. The predicted octanol–water partition coefficient (Wildman–Crippen LogP) is 2.18. The molecule has 0 radical (unpaired) electrons. The van der Waals surface area contributed by atoms with Crippen molar-refractivity contribution in [1.29, 1.82) is 0 Å². The average molecular weight is 318 g/mol. The number of ether oxygens (including phenoxy) is 1. The number of imide groups is 1. The Morgan fingerprint density at radius 3 is 2.39 bits per heavy atom. The fourth-order valence-electron chi connectivity index (χ4n) is 2.37. The number of amides is 3. The van der Waals surface area contributed by atoms with E-state index in [0.717, 1.165) is 10.5 Å². The van der Waals surface area contributed by atoms with Crippen LogP contribution in [0.1, 0.15) is 33.3 Å². The summed E-state index contributed by atoms with van der Waals surface area (Å²) in [6, 6.07) is 8.01. The second-order valence-corrected chi connectivity index (χ2v) is 6.60. The van der Waals surface area contributed by atoms with Gasteiger partial charge < -0.3 is 9.64 Å². The Labute approximate surface area is 136 Å². The van der Waals surface area contributed by atoms with Gasteiger partial charge in [-0.05, 0) is 33.3 Å². The van der Waals surface area contributed by atoms with E-state index >= 15 is 0 Å². The first-order chi connectivity index (χ1) is 10.7. The minimum Gasteiger partial charge on any atom is -0.458 e. The number of esters is 1. The van der Waals surface area contributed by atoms with Crippen LogP contribution in [0.3, 0.4) is 0 Å². The number of urea groups is 1. The van der Waals surface area contributed by atoms with Crippen LogP contribution in [0.25, 0.3) is 0 Å². The second-order valence-electron chi connectivity index (χ2n) is 6.60. The van der Waals surface area contributed by atoms with Crippen LogP contribution in [0.2, 0.25) is 0 Å². The molecule has 0 N–H and O–H groups in total. The van der Waals surface area contributed by atoms with E-state index < -0.39 is 23.6 Å². The molecular formula is C17H22N2O4. The van der Waals surface area contributed by atoms with E-state index in [0.29, 0.717) is 6.54 Å². The van der Waals surface area contributed by atoms with Gasteiger partial charge in [0.05, 0.1) is 0 Å². The van der Waals surface area contributed by atoms with Crippen molar-refractivity contribution in [2.45, 2.75) is 45.9 Å². The summed E-state index contributed by atoms with van der Waals surface area (Å²) >= 11 is 0. The molecule has 3 amide bonds. The van der Waals surface area contributed by atoms with Crippen LogP contribution >= 0.6 is 0 Å². The molecule has 124 valence electrons. The maximum absolute atomic E-state index is 12.5. The van der Waals surface area contributed by atoms with Gasteiger partial charge in [-0.3, -0.25) is 4.79 Å². The van der Waals surface area contributed by atoms with Crippen molar-refractivity contribution in [3.63, 3.8) is 0 Å². The number of hydrogen-bond acceptors (Lipinski definition) is 4. The Bertz CT molecular complexity index is 607. The summed E-state index contributed by atoms with van der Waals surface area (Å²) in [7, 11) is 0. The zero-order valence-corrected chi connectivity index (χ0v) is 13.9. The molecule has 1 aromatic rings. The highest BCUT2D eigenvalue weighted by molar-refractivity contribution is 6.05. The van der Waals surface area contributed by atoms with E-state index in [4.69, 9.17) is 4.74 Å². The van der Waals surface area contributed by atoms with E-state index in [9.17, 15) is 14.4 Å². The second kappa shape index (κ2) is 6.40. The Morgan fingerprint density at radius 1 is 1.22 bits per heavy atom. The molecule has 1 heterocycles. The molecule has 0 spiro atoms. The minimum absolute atomic E-state index is 0.0269. The fraction of sp³-hybridized carbons (Fsp3) is 0.471. The summed E-state index contributed by atoms with van der Waals surface area (Å²) in [5, 5.41) is 0. The topological polar surface area (TPSA) is 66.9 Å². The van der Waals surface area contributed by atoms with Crippen molar-refractivity contribution < 1.29 is 19.1 Å². The molecule has 0 unspecified atom stereocenters. The normalized spacial score (nSPS) is 16.7. The quantitative estimate of drug-likeness (QED) is 0.630. The molecule has 1 aliphatic rings. The molecule has 1 aliphatic heterocycles. The molecule has 1 aromatic carbocycles. The fourth-order valence-corrected chi connectivity index (χ4v) is 2.37. The van der Waals surface area contributed by atoms with Crippen molar-refractivity contribution in [1.82, 2.24) is 9.80 Å². The first-order valence-corrected chi connectivity index (χ1v) is 7.57. The number of benzene rings is 1. The molecular weight excluding hydrogens is 296 g/mol. The SMILES string of the molecule is C[C@@H](C(=O)OC(C)(C)C)N1C(=O)CN(Cc2ccccc2)C1=O. The van der Waals surface area contributed by atoms with Crippen LogP contribution in [-0.4, -0.2) is 45.9 Å². The Balaban J connectivity index is 2.07. The van der Waals surface area contributed by atoms with Gasteiger partial charge >= 0.3 is 12.0 Å². The Hall–Kier alpha value is -2.37. The first kappa shape index (κ1) is 17.0. The number of hydrogen-bond donors (Lipinski definition) is 0. The molecule has 1 atom stereocenters. The third kappa shape index (κ3) is 4.09. The van der Waals surface area contributed by atoms with E-state index in [-0.39, 0.29) is 12.5 Å². The molecule has 0 saturated carbocycles. The summed E-state index contributed by atoms with van der Waals surface area (Å²) in [4.78, 5) is 39.1. The molecule has 0 bridgehead atoms. The van der Waals surface area contributed by atoms with E-state index in [1.807, 2.05) is 30.3 Å². The molecule has 1 fully saturated rings. The summed E-state index contributed by atoms with van der Waals surface area (Å²) in [6.45, 7) is 7.05. The van der Waals surface area contributed by atoms with Crippen LogP contribution in [0.15, 0.2) is 30.3 Å². The van der Waals surface area contributed by atoms with Gasteiger partial charge in [0.15, 0.2) is 0 Å². The molecule has 0 aromatic heterocycles. The van der Waals surface area contributed by atoms with Gasteiger partial charge in [0.2, 0.25) is 0 Å². The van der Waals surface area contributed by atoms with Gasteiger partial charge in [-0.1, -0.05) is 30.3 Å². The van der Waals surface area contributed by atoms with Crippen LogP contribution in [-0.2, 0) is 20.9 Å². The van der Waals surface area contributed by atoms with Crippen LogP contribution < -0.4 is 0 Å². The zero-order chi connectivity index (χ0) is 17.2. The molecule has 6 heteroatoms. The third-order valence-corrected chi connectivity index (χ3v) is 3.42. The molecule has 23 heavy (non-hydrogen) atoms. The minimum atomic E-state index is -0.935. The third-order valence-electron chi connectivity index (χ3n) is 3.42. The summed E-state index contributed by atoms with van der Waals surface area (Å²) in [5.74, 6) is -0.968. The van der Waals surface area contributed by atoms with Crippen LogP contribution in [0.5, 0.6) is 0 Å². The van der Waals surface area contributed by atoms with Crippen LogP contribution in [0.4, 0.5) is 4.79 Å². The highest BCUT2D eigenvalue weighted by Crippen LogP contribution is 2.19. The lowest BCUT2D eigenvalue weighted by molar-refractivity contribution is -0.161. The lowest BCUT2D eigenvalue weighted by atomic mass is 10.2. The lowest BCUT2D eigenvalue weighted by Crippen LogP contribution is -2.46. The standard InChI is InChI=1S/C17H22N2O4/c1-12(15(21)23-17(2,3)4)19-14(20)11-18(16(19)22)10-13-8-6-5-7-9-13/h5-9,12H,10-11H2,1-4H3/t12-/m0/s1. The lowest BCUT2D eigenvalue weighted by Gasteiger charge is -2.26. The van der Waals surface area contributed by atoms with Crippen molar-refractivity contribution in [2.24, 2.45) is 0 Å². The Morgan fingerprint density at radius 2 is 1.83 bits per heavy atom. The first-order valence-electron chi connectivity index (χ1n) is 7.57. The van der Waals surface area contributed by atoms with Gasteiger partial charge in [0.1, 0.15) is 18.2 Å². The van der Waals surface area contributed by atoms with Crippen molar-refractivity contribution in [3.05, 3.63) is 35.9 Å². The monoisotopic (exact) mass is 318 g/mol. The van der Waals surface area contributed by atoms with E-state index in [1.54, 1.807) is 20.8 Å². The zero-order valence-electron chi connectivity index (χ0n) is 13.9. The number of carbonyl (C=O) groups is 3. The summed E-state index contributed by atoms with van der Waals surface area (Å²) < 4.78 is 5.26. The maximum Gasteiger partial charge on any atom is 0.329 e. The molecule has 2 rings (SSSR count). The Kier molecular flexibility index (Phi) is 4.73. The van der Waals surface area contributed by atoms with Gasteiger partial charge in [0.25, 0.3) is 5.91 Å². The predicted molar refractivity (Wildman–Crippen MR) is 84.4 cm³/mol. The van der Waals surface area contributed by atoms with Gasteiger partial charge in [-0.25, -0.2) is 14.5 Å². The number of carbonyl (C=O) groups excluding carboxylic acids is 3. The summed E-state index contributed by atoms with van der Waals surface area (Å²) in [6.07, 6.45) is 0. The maximum atomic E-state index is 12.5. The van der Waals surface area contributed by atoms with E-state index in [2.05, 4.69) is 0 Å².